The minimum atomic E-state index is -0.464. The number of fused-ring (bicyclic) bond motifs is 1. The van der Waals surface area contributed by atoms with Gasteiger partial charge in [0.1, 0.15) is 11.5 Å². The molecule has 0 fully saturated rings. The second-order valence-corrected chi connectivity index (χ2v) is 6.94. The summed E-state index contributed by atoms with van der Waals surface area (Å²) in [5, 5.41) is 15.6. The highest BCUT2D eigenvalue weighted by atomic mass is 16.6. The second kappa shape index (κ2) is 9.05. The number of amides is 1. The van der Waals surface area contributed by atoms with Crippen LogP contribution in [0, 0.1) is 17.0 Å². The van der Waals surface area contributed by atoms with E-state index in [4.69, 9.17) is 4.74 Å². The van der Waals surface area contributed by atoms with Gasteiger partial charge in [0, 0.05) is 17.5 Å². The summed E-state index contributed by atoms with van der Waals surface area (Å²) >= 11 is 0. The van der Waals surface area contributed by atoms with Gasteiger partial charge in [0.15, 0.2) is 0 Å². The summed E-state index contributed by atoms with van der Waals surface area (Å²) in [6.07, 6.45) is 1.53. The minimum absolute atomic E-state index is 0.000575. The number of carbonyl (C=O) groups is 1. The van der Waals surface area contributed by atoms with E-state index in [0.717, 1.165) is 16.5 Å². The van der Waals surface area contributed by atoms with Crippen molar-refractivity contribution < 1.29 is 14.5 Å². The van der Waals surface area contributed by atoms with Gasteiger partial charge in [-0.05, 0) is 61.0 Å². The van der Waals surface area contributed by atoms with E-state index in [1.165, 1.54) is 30.5 Å². The minimum Gasteiger partial charge on any atom is -0.457 e. The van der Waals surface area contributed by atoms with E-state index >= 15 is 0 Å². The van der Waals surface area contributed by atoms with Gasteiger partial charge in [-0.1, -0.05) is 18.2 Å². The number of non-ortho nitro benzene ring substituents is 1. The number of rotatable bonds is 6. The zero-order chi connectivity index (χ0) is 22.5. The van der Waals surface area contributed by atoms with Crippen molar-refractivity contribution in [1.82, 2.24) is 10.4 Å². The topological polar surface area (TPSA) is 107 Å². The average molecular weight is 426 g/mol. The molecule has 1 aromatic heterocycles. The first-order valence-electron chi connectivity index (χ1n) is 9.72. The molecular weight excluding hydrogens is 408 g/mol. The molecule has 0 radical (unpaired) electrons. The van der Waals surface area contributed by atoms with Crippen molar-refractivity contribution in [1.29, 1.82) is 0 Å². The predicted molar refractivity (Wildman–Crippen MR) is 121 cm³/mol. The van der Waals surface area contributed by atoms with Crippen LogP contribution < -0.4 is 10.2 Å². The third kappa shape index (κ3) is 4.76. The number of aromatic nitrogens is 1. The average Bonchev–Trinajstić information content (AvgIpc) is 2.80. The monoisotopic (exact) mass is 426 g/mol. The Balaban J connectivity index is 1.38. The lowest BCUT2D eigenvalue weighted by molar-refractivity contribution is -0.384. The summed E-state index contributed by atoms with van der Waals surface area (Å²) in [4.78, 5) is 27.2. The number of hydrazone groups is 1. The van der Waals surface area contributed by atoms with Crippen molar-refractivity contribution in [3.8, 4) is 11.5 Å². The Bertz CT molecular complexity index is 1320. The standard InChI is InChI=1S/C24H18N4O4/c1-16-22(14-18-4-2-3-5-23(18)26-16)24(29)27-25-15-17-6-10-20(11-7-17)32-21-12-8-19(9-13-21)28(30)31/h2-15H,1H3,(H,27,29)/b25-15-. The number of hydrogen-bond acceptors (Lipinski definition) is 6. The van der Waals surface area contributed by atoms with Crippen molar-refractivity contribution in [2.24, 2.45) is 5.10 Å². The number of nitrogens with zero attached hydrogens (tertiary/aromatic N) is 3. The molecule has 0 atom stereocenters. The number of pyridine rings is 1. The van der Waals surface area contributed by atoms with Crippen LogP contribution in [0.5, 0.6) is 11.5 Å². The summed E-state index contributed by atoms with van der Waals surface area (Å²) in [7, 11) is 0. The van der Waals surface area contributed by atoms with E-state index in [0.29, 0.717) is 22.8 Å². The Morgan fingerprint density at radius 2 is 1.69 bits per heavy atom. The molecule has 0 aliphatic carbocycles. The largest absolute Gasteiger partial charge is 0.457 e. The number of nitro benzene ring substituents is 1. The van der Waals surface area contributed by atoms with E-state index in [1.54, 1.807) is 37.3 Å². The molecule has 1 heterocycles. The smallest absolute Gasteiger partial charge is 0.273 e. The summed E-state index contributed by atoms with van der Waals surface area (Å²) in [5.74, 6) is 0.719. The van der Waals surface area contributed by atoms with Crippen LogP contribution in [0.3, 0.4) is 0 Å². The molecule has 32 heavy (non-hydrogen) atoms. The van der Waals surface area contributed by atoms with Crippen LogP contribution in [-0.4, -0.2) is 22.0 Å². The van der Waals surface area contributed by atoms with Gasteiger partial charge in [0.2, 0.25) is 0 Å². The highest BCUT2D eigenvalue weighted by Gasteiger charge is 2.11. The molecule has 0 aliphatic heterocycles. The number of aryl methyl sites for hydroxylation is 1. The first-order valence-corrected chi connectivity index (χ1v) is 9.72. The summed E-state index contributed by atoms with van der Waals surface area (Å²) in [5.41, 5.74) is 5.21. The van der Waals surface area contributed by atoms with Crippen LogP contribution in [0.1, 0.15) is 21.6 Å². The van der Waals surface area contributed by atoms with Gasteiger partial charge >= 0.3 is 0 Å². The van der Waals surface area contributed by atoms with Gasteiger partial charge in [-0.3, -0.25) is 19.9 Å². The molecule has 158 valence electrons. The Hall–Kier alpha value is -4.59. The molecule has 0 saturated heterocycles. The highest BCUT2D eigenvalue weighted by Crippen LogP contribution is 2.24. The quantitative estimate of drug-likeness (QED) is 0.265. The zero-order valence-corrected chi connectivity index (χ0v) is 17.1. The molecule has 0 unspecified atom stereocenters. The second-order valence-electron chi connectivity index (χ2n) is 6.94. The van der Waals surface area contributed by atoms with Crippen molar-refractivity contribution >= 4 is 28.7 Å². The predicted octanol–water partition coefficient (Wildman–Crippen LogP) is 5.01. The number of nitro groups is 1. The Morgan fingerprint density at radius 1 is 1.03 bits per heavy atom. The van der Waals surface area contributed by atoms with E-state index < -0.39 is 4.92 Å². The number of para-hydroxylation sites is 1. The van der Waals surface area contributed by atoms with E-state index in [-0.39, 0.29) is 11.6 Å². The van der Waals surface area contributed by atoms with Gasteiger partial charge in [-0.2, -0.15) is 5.10 Å². The fourth-order valence-electron chi connectivity index (χ4n) is 3.06. The van der Waals surface area contributed by atoms with Gasteiger partial charge in [0.05, 0.1) is 27.9 Å². The SMILES string of the molecule is Cc1nc2ccccc2cc1C(=O)N/N=C\c1ccc(Oc2ccc([N+](=O)[O-])cc2)cc1. The Kier molecular flexibility index (Phi) is 5.85. The molecule has 0 bridgehead atoms. The van der Waals surface area contributed by atoms with Crippen LogP contribution in [-0.2, 0) is 0 Å². The lowest BCUT2D eigenvalue weighted by atomic mass is 10.1. The fourth-order valence-corrected chi connectivity index (χ4v) is 3.06. The number of hydrogen-bond donors (Lipinski definition) is 1. The highest BCUT2D eigenvalue weighted by molar-refractivity contribution is 5.99. The molecule has 8 heteroatoms. The summed E-state index contributed by atoms with van der Waals surface area (Å²) in [6.45, 7) is 1.79. The van der Waals surface area contributed by atoms with Crippen LogP contribution in [0.15, 0.2) is 84.0 Å². The molecule has 4 aromatic rings. The number of benzene rings is 3. The molecule has 4 rings (SSSR count). The zero-order valence-electron chi connectivity index (χ0n) is 17.1. The maximum Gasteiger partial charge on any atom is 0.273 e. The molecule has 0 aliphatic rings. The van der Waals surface area contributed by atoms with Crippen molar-refractivity contribution in [3.63, 3.8) is 0 Å². The maximum absolute atomic E-state index is 12.5. The van der Waals surface area contributed by atoms with Crippen LogP contribution in [0.2, 0.25) is 0 Å². The van der Waals surface area contributed by atoms with Gasteiger partial charge in [-0.25, -0.2) is 5.43 Å². The molecule has 0 saturated carbocycles. The third-order valence-corrected chi connectivity index (χ3v) is 4.70. The van der Waals surface area contributed by atoms with Gasteiger partial charge in [0.25, 0.3) is 11.6 Å². The molecule has 0 spiro atoms. The lowest BCUT2D eigenvalue weighted by Gasteiger charge is -2.06. The van der Waals surface area contributed by atoms with E-state index in [9.17, 15) is 14.9 Å². The van der Waals surface area contributed by atoms with Gasteiger partial charge < -0.3 is 4.74 Å². The maximum atomic E-state index is 12.5. The molecular formula is C24H18N4O4. The van der Waals surface area contributed by atoms with Crippen molar-refractivity contribution in [3.05, 3.63) is 106 Å². The fraction of sp³-hybridized carbons (Fsp3) is 0.0417. The van der Waals surface area contributed by atoms with Gasteiger partial charge in [-0.15, -0.1) is 0 Å². The molecule has 1 amide bonds. The Labute approximate surface area is 183 Å². The van der Waals surface area contributed by atoms with Crippen LogP contribution in [0.25, 0.3) is 10.9 Å². The molecule has 8 nitrogen and oxygen atoms in total. The van der Waals surface area contributed by atoms with E-state index in [1.807, 2.05) is 24.3 Å². The number of ether oxygens (including phenoxy) is 1. The summed E-state index contributed by atoms with van der Waals surface area (Å²) in [6, 6.07) is 22.3. The first-order chi connectivity index (χ1) is 15.5. The van der Waals surface area contributed by atoms with Crippen LogP contribution in [0.4, 0.5) is 5.69 Å². The Morgan fingerprint density at radius 3 is 2.38 bits per heavy atom. The summed E-state index contributed by atoms with van der Waals surface area (Å²) < 4.78 is 5.67. The number of nitrogens with one attached hydrogen (secondary N) is 1. The molecule has 1 N–H and O–H groups in total. The third-order valence-electron chi connectivity index (χ3n) is 4.70. The lowest BCUT2D eigenvalue weighted by Crippen LogP contribution is -2.19. The normalized spacial score (nSPS) is 10.9. The van der Waals surface area contributed by atoms with E-state index in [2.05, 4.69) is 15.5 Å². The van der Waals surface area contributed by atoms with Crippen LogP contribution >= 0.6 is 0 Å². The molecule has 3 aromatic carbocycles. The number of carbonyl (C=O) groups excluding carboxylic acids is 1. The first kappa shape index (κ1) is 20.7. The van der Waals surface area contributed by atoms with Crippen molar-refractivity contribution in [2.75, 3.05) is 0 Å². The van der Waals surface area contributed by atoms with Crippen molar-refractivity contribution in [2.45, 2.75) is 6.92 Å².